The summed E-state index contributed by atoms with van der Waals surface area (Å²) < 4.78 is 2.49. The molecule has 116 valence electrons. The smallest absolute Gasteiger partial charge is 0.164 e. The highest BCUT2D eigenvalue weighted by Crippen LogP contribution is 2.41. The molecule has 1 unspecified atom stereocenters. The van der Waals surface area contributed by atoms with Gasteiger partial charge in [-0.05, 0) is 11.6 Å². The Morgan fingerprint density at radius 1 is 0.957 bits per heavy atom. The van der Waals surface area contributed by atoms with E-state index in [1.807, 2.05) is 0 Å². The molecule has 5 rings (SSSR count). The summed E-state index contributed by atoms with van der Waals surface area (Å²) in [5.41, 5.74) is 6.21. The normalized spacial score (nSPS) is 26.2. The van der Waals surface area contributed by atoms with Crippen molar-refractivity contribution in [2.24, 2.45) is 7.05 Å². The van der Waals surface area contributed by atoms with Crippen molar-refractivity contribution in [3.63, 3.8) is 0 Å². The molecule has 23 heavy (non-hydrogen) atoms. The average molecular weight is 303 g/mol. The first-order chi connectivity index (χ1) is 11.3. The third-order valence-corrected chi connectivity index (χ3v) is 6.19. The molecule has 2 aliphatic heterocycles. The standard InChI is InChI=1S/C21H22N2/c1-22-19-11-6-5-10-17(19)18-12-15-23-14-7-13-21(23,20(18)22)16-8-3-2-4-9-16/h2-6,8-11H,7,12-15H2,1H3/p+1/t21-/m1/s1. The zero-order chi connectivity index (χ0) is 15.4. The van der Waals surface area contributed by atoms with E-state index in [0.717, 1.165) is 0 Å². The van der Waals surface area contributed by atoms with Gasteiger partial charge in [-0.2, -0.15) is 0 Å². The summed E-state index contributed by atoms with van der Waals surface area (Å²) in [6, 6.07) is 20.2. The Labute approximate surface area is 137 Å². The van der Waals surface area contributed by atoms with Crippen LogP contribution < -0.4 is 4.90 Å². The first-order valence-electron chi connectivity index (χ1n) is 8.80. The summed E-state index contributed by atoms with van der Waals surface area (Å²) in [6.45, 7) is 2.56. The van der Waals surface area contributed by atoms with Gasteiger partial charge in [-0.25, -0.2) is 0 Å². The van der Waals surface area contributed by atoms with E-state index in [0.29, 0.717) is 0 Å². The summed E-state index contributed by atoms with van der Waals surface area (Å²) in [5.74, 6) is 0. The van der Waals surface area contributed by atoms with Gasteiger partial charge in [0, 0.05) is 42.8 Å². The Bertz CT molecular complexity index is 877. The Hall–Kier alpha value is -2.06. The maximum Gasteiger partial charge on any atom is 0.164 e. The maximum absolute atomic E-state index is 2.49. The van der Waals surface area contributed by atoms with E-state index in [9.17, 15) is 0 Å². The monoisotopic (exact) mass is 303 g/mol. The Kier molecular flexibility index (Phi) is 2.75. The molecule has 0 spiro atoms. The third kappa shape index (κ3) is 1.62. The molecule has 1 N–H and O–H groups in total. The van der Waals surface area contributed by atoms with Crippen LogP contribution in [0.4, 0.5) is 0 Å². The van der Waals surface area contributed by atoms with E-state index in [1.54, 1.807) is 16.2 Å². The number of hydrogen-bond acceptors (Lipinski definition) is 0. The molecule has 1 saturated heterocycles. The number of para-hydroxylation sites is 1. The summed E-state index contributed by atoms with van der Waals surface area (Å²) in [5, 5.41) is 1.46. The molecular formula is C21H23N2+. The highest BCUT2D eigenvalue weighted by atomic mass is 15.3. The number of quaternary nitrogens is 1. The molecule has 0 radical (unpaired) electrons. The molecular weight excluding hydrogens is 280 g/mol. The Balaban J connectivity index is 1.88. The van der Waals surface area contributed by atoms with Crippen LogP contribution in [0.3, 0.4) is 0 Å². The molecule has 0 amide bonds. The molecule has 2 nitrogen and oxygen atoms in total. The molecule has 0 bridgehead atoms. The number of benzene rings is 2. The summed E-state index contributed by atoms with van der Waals surface area (Å²) in [7, 11) is 2.27. The molecule has 1 aromatic heterocycles. The van der Waals surface area contributed by atoms with Crippen molar-refractivity contribution >= 4 is 10.9 Å². The van der Waals surface area contributed by atoms with E-state index < -0.39 is 0 Å². The first-order valence-corrected chi connectivity index (χ1v) is 8.80. The van der Waals surface area contributed by atoms with Gasteiger partial charge in [-0.3, -0.25) is 0 Å². The van der Waals surface area contributed by atoms with Crippen molar-refractivity contribution in [3.8, 4) is 0 Å². The second-order valence-corrected chi connectivity index (χ2v) is 7.13. The molecule has 2 heteroatoms. The van der Waals surface area contributed by atoms with Crippen molar-refractivity contribution in [2.75, 3.05) is 13.1 Å². The predicted octanol–water partition coefficient (Wildman–Crippen LogP) is 2.66. The number of aromatic nitrogens is 1. The van der Waals surface area contributed by atoms with Gasteiger partial charge in [0.2, 0.25) is 0 Å². The lowest BCUT2D eigenvalue weighted by atomic mass is 9.79. The fraction of sp³-hybridized carbons (Fsp3) is 0.333. The molecule has 2 atom stereocenters. The third-order valence-electron chi connectivity index (χ3n) is 6.19. The Morgan fingerprint density at radius 3 is 2.61 bits per heavy atom. The first kappa shape index (κ1) is 13.4. The summed E-state index contributed by atoms with van der Waals surface area (Å²) in [4.78, 5) is 1.77. The quantitative estimate of drug-likeness (QED) is 0.708. The number of fused-ring (bicyclic) bond motifs is 5. The van der Waals surface area contributed by atoms with Crippen LogP contribution in [0.25, 0.3) is 10.9 Å². The number of nitrogens with one attached hydrogen (secondary N) is 1. The van der Waals surface area contributed by atoms with Crippen LogP contribution >= 0.6 is 0 Å². The highest BCUT2D eigenvalue weighted by Gasteiger charge is 2.53. The van der Waals surface area contributed by atoms with Gasteiger partial charge >= 0.3 is 0 Å². The van der Waals surface area contributed by atoms with Crippen molar-refractivity contribution in [1.82, 2.24) is 4.57 Å². The van der Waals surface area contributed by atoms with Crippen LogP contribution in [0.15, 0.2) is 54.6 Å². The zero-order valence-electron chi connectivity index (χ0n) is 13.7. The Morgan fingerprint density at radius 2 is 1.74 bits per heavy atom. The number of aryl methyl sites for hydroxylation is 1. The zero-order valence-corrected chi connectivity index (χ0v) is 13.7. The van der Waals surface area contributed by atoms with Crippen LogP contribution in [-0.2, 0) is 19.0 Å². The van der Waals surface area contributed by atoms with E-state index in [1.165, 1.54) is 48.8 Å². The summed E-state index contributed by atoms with van der Waals surface area (Å²) >= 11 is 0. The average Bonchev–Trinajstić information content (AvgIpc) is 3.17. The molecule has 3 aromatic rings. The van der Waals surface area contributed by atoms with Crippen molar-refractivity contribution < 1.29 is 4.90 Å². The van der Waals surface area contributed by atoms with Crippen LogP contribution in [0.5, 0.6) is 0 Å². The molecule has 0 aliphatic carbocycles. The maximum atomic E-state index is 2.49. The van der Waals surface area contributed by atoms with Gasteiger partial charge < -0.3 is 9.47 Å². The van der Waals surface area contributed by atoms with E-state index in [4.69, 9.17) is 0 Å². The van der Waals surface area contributed by atoms with Crippen LogP contribution in [0, 0.1) is 0 Å². The van der Waals surface area contributed by atoms with Gasteiger partial charge in [0.05, 0.1) is 18.8 Å². The van der Waals surface area contributed by atoms with Crippen molar-refractivity contribution in [2.45, 2.75) is 24.8 Å². The highest BCUT2D eigenvalue weighted by molar-refractivity contribution is 5.86. The van der Waals surface area contributed by atoms with Gasteiger partial charge in [0.25, 0.3) is 0 Å². The molecule has 1 fully saturated rings. The lowest BCUT2D eigenvalue weighted by molar-refractivity contribution is -0.943. The lowest BCUT2D eigenvalue weighted by Crippen LogP contribution is -3.18. The minimum absolute atomic E-state index is 0.155. The SMILES string of the molecule is Cn1c2c(c3ccccc31)CC[NH+]1CCC[C@@]21c1ccccc1. The van der Waals surface area contributed by atoms with Crippen LogP contribution in [-0.4, -0.2) is 17.7 Å². The predicted molar refractivity (Wildman–Crippen MR) is 93.8 cm³/mol. The fourth-order valence-corrected chi connectivity index (χ4v) is 5.33. The fourth-order valence-electron chi connectivity index (χ4n) is 5.33. The van der Waals surface area contributed by atoms with E-state index in [2.05, 4.69) is 66.2 Å². The van der Waals surface area contributed by atoms with Crippen molar-refractivity contribution in [3.05, 3.63) is 71.4 Å². The number of nitrogens with zero attached hydrogens (tertiary/aromatic N) is 1. The van der Waals surface area contributed by atoms with E-state index in [-0.39, 0.29) is 5.54 Å². The molecule has 3 heterocycles. The number of rotatable bonds is 1. The minimum Gasteiger partial charge on any atom is -0.342 e. The molecule has 0 saturated carbocycles. The molecule has 2 aliphatic rings. The van der Waals surface area contributed by atoms with Gasteiger partial charge in [-0.15, -0.1) is 0 Å². The molecule has 2 aromatic carbocycles. The van der Waals surface area contributed by atoms with Gasteiger partial charge in [0.15, 0.2) is 5.54 Å². The topological polar surface area (TPSA) is 9.37 Å². The van der Waals surface area contributed by atoms with Crippen LogP contribution in [0.2, 0.25) is 0 Å². The second-order valence-electron chi connectivity index (χ2n) is 7.13. The minimum atomic E-state index is 0.155. The second kappa shape index (κ2) is 4.72. The van der Waals surface area contributed by atoms with Gasteiger partial charge in [0.1, 0.15) is 0 Å². The lowest BCUT2D eigenvalue weighted by Gasteiger charge is -2.40. The van der Waals surface area contributed by atoms with Crippen LogP contribution in [0.1, 0.15) is 29.7 Å². The van der Waals surface area contributed by atoms with Gasteiger partial charge in [-0.1, -0.05) is 48.5 Å². The summed E-state index contributed by atoms with van der Waals surface area (Å²) in [6.07, 6.45) is 3.80. The van der Waals surface area contributed by atoms with Crippen molar-refractivity contribution in [1.29, 1.82) is 0 Å². The number of hydrogen-bond donors (Lipinski definition) is 1. The largest absolute Gasteiger partial charge is 0.342 e. The van der Waals surface area contributed by atoms with E-state index >= 15 is 0 Å².